The van der Waals surface area contributed by atoms with Gasteiger partial charge in [-0.1, -0.05) is 0 Å². The van der Waals surface area contributed by atoms with Gasteiger partial charge in [-0.05, 0) is 18.2 Å². The minimum atomic E-state index is -0.155. The van der Waals surface area contributed by atoms with Gasteiger partial charge in [0.25, 0.3) is 5.91 Å². The summed E-state index contributed by atoms with van der Waals surface area (Å²) in [6.07, 6.45) is 0.262. The fourth-order valence-corrected chi connectivity index (χ4v) is 2.94. The molecule has 0 unspecified atom stereocenters. The number of likely N-dealkylation sites (N-methyl/N-ethyl adjacent to an activating group) is 1. The summed E-state index contributed by atoms with van der Waals surface area (Å²) < 4.78 is 5.40. The molecule has 2 aromatic rings. The second-order valence-electron chi connectivity index (χ2n) is 5.05. The topological polar surface area (TPSA) is 97.5 Å². The van der Waals surface area contributed by atoms with Gasteiger partial charge in [-0.3, -0.25) is 9.59 Å². The highest BCUT2D eigenvalue weighted by Gasteiger charge is 2.22. The molecule has 1 aliphatic rings. The molecule has 0 aliphatic carbocycles. The Kier molecular flexibility index (Phi) is 4.26. The Morgan fingerprint density at radius 1 is 1.52 bits per heavy atom. The lowest BCUT2D eigenvalue weighted by atomic mass is 10.1. The summed E-state index contributed by atoms with van der Waals surface area (Å²) in [6.45, 7) is 0.353. The second kappa shape index (κ2) is 6.35. The molecule has 0 saturated heterocycles. The SMILES string of the molecule is CN1C(=O)COc2ccc(-c3csc(NC(=O)CCN)n3)cc21. The number of nitrogens with one attached hydrogen (secondary N) is 1. The number of hydrogen-bond acceptors (Lipinski definition) is 6. The molecule has 8 heteroatoms. The largest absolute Gasteiger partial charge is 0.482 e. The molecule has 1 aromatic carbocycles. The Morgan fingerprint density at radius 3 is 3.13 bits per heavy atom. The Morgan fingerprint density at radius 2 is 2.35 bits per heavy atom. The van der Waals surface area contributed by atoms with Crippen LogP contribution in [0.5, 0.6) is 5.75 Å². The van der Waals surface area contributed by atoms with Gasteiger partial charge >= 0.3 is 0 Å². The summed E-state index contributed by atoms with van der Waals surface area (Å²) in [7, 11) is 1.72. The van der Waals surface area contributed by atoms with E-state index < -0.39 is 0 Å². The highest BCUT2D eigenvalue weighted by molar-refractivity contribution is 7.14. The Hall–Kier alpha value is -2.45. The van der Waals surface area contributed by atoms with E-state index in [0.717, 1.165) is 11.3 Å². The molecule has 7 nitrogen and oxygen atoms in total. The first-order valence-electron chi connectivity index (χ1n) is 7.07. The van der Waals surface area contributed by atoms with E-state index in [1.54, 1.807) is 11.9 Å². The molecule has 3 rings (SSSR count). The van der Waals surface area contributed by atoms with Crippen LogP contribution in [0.3, 0.4) is 0 Å². The molecule has 1 aromatic heterocycles. The molecule has 1 aliphatic heterocycles. The molecule has 3 N–H and O–H groups in total. The number of anilines is 2. The number of nitrogens with zero attached hydrogens (tertiary/aromatic N) is 2. The van der Waals surface area contributed by atoms with E-state index in [4.69, 9.17) is 10.5 Å². The van der Waals surface area contributed by atoms with Crippen molar-refractivity contribution < 1.29 is 14.3 Å². The lowest BCUT2D eigenvalue weighted by Crippen LogP contribution is -2.35. The van der Waals surface area contributed by atoms with E-state index in [1.165, 1.54) is 11.3 Å². The minimum Gasteiger partial charge on any atom is -0.482 e. The molecule has 120 valence electrons. The van der Waals surface area contributed by atoms with Crippen LogP contribution >= 0.6 is 11.3 Å². The lowest BCUT2D eigenvalue weighted by molar-refractivity contribution is -0.121. The van der Waals surface area contributed by atoms with Crippen LogP contribution in [0.2, 0.25) is 0 Å². The maximum absolute atomic E-state index is 11.7. The quantitative estimate of drug-likeness (QED) is 0.883. The first kappa shape index (κ1) is 15.4. The number of benzene rings is 1. The van der Waals surface area contributed by atoms with Crippen molar-refractivity contribution in [2.24, 2.45) is 5.73 Å². The van der Waals surface area contributed by atoms with Crippen molar-refractivity contribution in [2.45, 2.75) is 6.42 Å². The van der Waals surface area contributed by atoms with Crippen molar-refractivity contribution >= 4 is 34.0 Å². The maximum atomic E-state index is 11.7. The summed E-state index contributed by atoms with van der Waals surface area (Å²) in [5.74, 6) is 0.419. The summed E-state index contributed by atoms with van der Waals surface area (Å²) in [5, 5.41) is 5.09. The average molecular weight is 332 g/mol. The van der Waals surface area contributed by atoms with Crippen LogP contribution in [0.25, 0.3) is 11.3 Å². The maximum Gasteiger partial charge on any atom is 0.264 e. The predicted molar refractivity (Wildman–Crippen MR) is 88.8 cm³/mol. The zero-order chi connectivity index (χ0) is 16.4. The summed E-state index contributed by atoms with van der Waals surface area (Å²) in [5.41, 5.74) is 7.64. The zero-order valence-electron chi connectivity index (χ0n) is 12.5. The number of fused-ring (bicyclic) bond motifs is 1. The summed E-state index contributed by atoms with van der Waals surface area (Å²) >= 11 is 1.34. The third-order valence-corrected chi connectivity index (χ3v) is 4.22. The number of carbonyl (C=O) groups excluding carboxylic acids is 2. The van der Waals surface area contributed by atoms with Gasteiger partial charge in [-0.2, -0.15) is 0 Å². The van der Waals surface area contributed by atoms with Crippen molar-refractivity contribution in [3.05, 3.63) is 23.6 Å². The number of carbonyl (C=O) groups is 2. The molecule has 0 radical (unpaired) electrons. The van der Waals surface area contributed by atoms with Crippen LogP contribution in [-0.2, 0) is 9.59 Å². The molecule has 0 atom stereocenters. The molecule has 2 amide bonds. The normalized spacial score (nSPS) is 13.5. The smallest absolute Gasteiger partial charge is 0.264 e. The van der Waals surface area contributed by atoms with E-state index in [2.05, 4.69) is 10.3 Å². The number of aromatic nitrogens is 1. The predicted octanol–water partition coefficient (Wildman–Crippen LogP) is 1.45. The number of rotatable bonds is 4. The third-order valence-electron chi connectivity index (χ3n) is 3.46. The molecular weight excluding hydrogens is 316 g/mol. The Bertz CT molecular complexity index is 759. The fourth-order valence-electron chi connectivity index (χ4n) is 2.21. The molecule has 0 fully saturated rings. The standard InChI is InChI=1S/C15H16N4O3S/c1-19-11-6-9(2-3-12(11)22-7-14(19)21)10-8-23-15(17-10)18-13(20)4-5-16/h2-3,6,8H,4-5,7,16H2,1H3,(H,17,18,20). The molecular formula is C15H16N4O3S. The third kappa shape index (κ3) is 3.17. The molecule has 0 saturated carbocycles. The zero-order valence-corrected chi connectivity index (χ0v) is 13.4. The van der Waals surface area contributed by atoms with Crippen molar-refractivity contribution in [2.75, 3.05) is 30.4 Å². The molecule has 0 bridgehead atoms. The van der Waals surface area contributed by atoms with Gasteiger partial charge in [0, 0.05) is 31.0 Å². The van der Waals surface area contributed by atoms with Crippen molar-refractivity contribution in [3.63, 3.8) is 0 Å². The number of ether oxygens (including phenoxy) is 1. The van der Waals surface area contributed by atoms with Gasteiger partial charge in [0.2, 0.25) is 5.91 Å². The van der Waals surface area contributed by atoms with E-state index >= 15 is 0 Å². The van der Waals surface area contributed by atoms with E-state index in [1.807, 2.05) is 23.6 Å². The second-order valence-corrected chi connectivity index (χ2v) is 5.91. The number of thiazole rings is 1. The summed E-state index contributed by atoms with van der Waals surface area (Å²) in [6, 6.07) is 5.55. The average Bonchev–Trinajstić information content (AvgIpc) is 2.99. The molecule has 2 heterocycles. The van der Waals surface area contributed by atoms with Crippen LogP contribution in [0.4, 0.5) is 10.8 Å². The fraction of sp³-hybridized carbons (Fsp3) is 0.267. The van der Waals surface area contributed by atoms with Crippen molar-refractivity contribution in [3.8, 4) is 17.0 Å². The van der Waals surface area contributed by atoms with E-state index in [-0.39, 0.29) is 24.8 Å². The first-order chi connectivity index (χ1) is 11.1. The Labute approximate surface area is 137 Å². The van der Waals surface area contributed by atoms with Crippen molar-refractivity contribution in [1.29, 1.82) is 0 Å². The molecule has 0 spiro atoms. The van der Waals surface area contributed by atoms with Gasteiger partial charge in [0.1, 0.15) is 5.75 Å². The number of nitrogens with two attached hydrogens (primary N) is 1. The van der Waals surface area contributed by atoms with Crippen LogP contribution in [0.15, 0.2) is 23.6 Å². The van der Waals surface area contributed by atoms with Crippen LogP contribution in [0.1, 0.15) is 6.42 Å². The monoisotopic (exact) mass is 332 g/mol. The molecule has 23 heavy (non-hydrogen) atoms. The van der Waals surface area contributed by atoms with Gasteiger partial charge < -0.3 is 20.7 Å². The summed E-state index contributed by atoms with van der Waals surface area (Å²) in [4.78, 5) is 29.2. The van der Waals surface area contributed by atoms with Crippen LogP contribution in [0, 0.1) is 0 Å². The van der Waals surface area contributed by atoms with Crippen LogP contribution in [-0.4, -0.2) is 37.0 Å². The van der Waals surface area contributed by atoms with E-state index in [9.17, 15) is 9.59 Å². The van der Waals surface area contributed by atoms with E-state index in [0.29, 0.717) is 23.1 Å². The minimum absolute atomic E-state index is 0.0525. The van der Waals surface area contributed by atoms with Crippen molar-refractivity contribution in [1.82, 2.24) is 4.98 Å². The number of amides is 2. The Balaban J connectivity index is 1.84. The van der Waals surface area contributed by atoms with Crippen LogP contribution < -0.4 is 20.7 Å². The van der Waals surface area contributed by atoms with Gasteiger partial charge in [-0.25, -0.2) is 4.98 Å². The van der Waals surface area contributed by atoms with Gasteiger partial charge in [0.15, 0.2) is 11.7 Å². The highest BCUT2D eigenvalue weighted by Crippen LogP contribution is 2.36. The first-order valence-corrected chi connectivity index (χ1v) is 7.95. The van der Waals surface area contributed by atoms with Gasteiger partial charge in [0.05, 0.1) is 11.4 Å². The number of hydrogen-bond donors (Lipinski definition) is 2. The highest BCUT2D eigenvalue weighted by atomic mass is 32.1. The van der Waals surface area contributed by atoms with Gasteiger partial charge in [-0.15, -0.1) is 11.3 Å². The lowest BCUT2D eigenvalue weighted by Gasteiger charge is -2.26.